The molecule has 0 saturated carbocycles. The van der Waals surface area contributed by atoms with Gasteiger partial charge in [0.1, 0.15) is 54.9 Å². The van der Waals surface area contributed by atoms with Crippen LogP contribution in [0.15, 0.2) is 54.7 Å². The van der Waals surface area contributed by atoms with Crippen molar-refractivity contribution in [3.63, 3.8) is 0 Å². The number of nitrogens with one attached hydrogen (secondary N) is 14. The summed E-state index contributed by atoms with van der Waals surface area (Å²) >= 11 is 2.25. The number of esters is 2. The summed E-state index contributed by atoms with van der Waals surface area (Å²) in [6.07, 6.45) is 4.03. The van der Waals surface area contributed by atoms with E-state index in [1.54, 1.807) is 36.7 Å². The number of H-pyrrole nitrogens is 1. The minimum absolute atomic E-state index is 0.00330. The number of carbonyl (C=O) groups excluding carboxylic acids is 14. The van der Waals surface area contributed by atoms with Gasteiger partial charge in [-0.05, 0) is 169 Å². The van der Waals surface area contributed by atoms with Crippen molar-refractivity contribution in [1.29, 1.82) is 10.8 Å². The number of phenols is 1. The fraction of sp³-hybridized carbons (Fsp3) is 0.561. The molecule has 0 spiro atoms. The molecule has 3 aromatic carbocycles. The van der Waals surface area contributed by atoms with Crippen LogP contribution < -0.4 is 118 Å². The molecule has 29 N–H and O–H groups in total. The number of primary amides is 1. The molecule has 2 unspecified atom stereocenters. The predicted octanol–water partition coefficient (Wildman–Crippen LogP) is -2.87. The highest BCUT2D eigenvalue weighted by Crippen LogP contribution is 2.56. The monoisotopic (exact) mass is 1810 g/mol. The summed E-state index contributed by atoms with van der Waals surface area (Å²) in [5.74, 6) is -13.0. The number of aromatic nitrogens is 1. The van der Waals surface area contributed by atoms with E-state index < -0.39 is 180 Å². The molecule has 43 nitrogen and oxygen atoms in total. The molecule has 0 bridgehead atoms. The van der Waals surface area contributed by atoms with Crippen molar-refractivity contribution >= 4 is 129 Å². The Morgan fingerprint density at radius 1 is 0.606 bits per heavy atom. The zero-order valence-corrected chi connectivity index (χ0v) is 73.0. The van der Waals surface area contributed by atoms with Crippen LogP contribution in [-0.2, 0) is 83.0 Å². The maximum atomic E-state index is 14.9. The van der Waals surface area contributed by atoms with Crippen molar-refractivity contribution in [2.45, 2.75) is 181 Å². The molecular formula is C82H120N22O21S2. The van der Waals surface area contributed by atoms with Crippen LogP contribution in [0.25, 0.3) is 10.9 Å². The third-order valence-corrected chi connectivity index (χ3v) is 23.8. The summed E-state index contributed by atoms with van der Waals surface area (Å²) in [4.78, 5) is 199. The second kappa shape index (κ2) is 50.4. The van der Waals surface area contributed by atoms with Crippen molar-refractivity contribution in [2.24, 2.45) is 52.0 Å². The van der Waals surface area contributed by atoms with Crippen molar-refractivity contribution in [1.82, 2.24) is 68.4 Å². The number of carbonyl (C=O) groups is 14. The quantitative estimate of drug-likeness (QED) is 0.00694. The van der Waals surface area contributed by atoms with Gasteiger partial charge in [-0.1, -0.05) is 18.2 Å². The third kappa shape index (κ3) is 29.3. The first-order valence-corrected chi connectivity index (χ1v) is 44.6. The lowest BCUT2D eigenvalue weighted by molar-refractivity contribution is -0.154. The van der Waals surface area contributed by atoms with Crippen LogP contribution in [0.1, 0.15) is 143 Å². The van der Waals surface area contributed by atoms with Gasteiger partial charge in [0.2, 0.25) is 83.4 Å². The molecule has 1 aliphatic carbocycles. The number of cyclic esters (lactones) is 1. The smallest absolute Gasteiger partial charge is 0.326 e. The number of hydrogen-bond donors (Lipinski definition) is 22. The van der Waals surface area contributed by atoms with Gasteiger partial charge in [0.05, 0.1) is 38.0 Å². The maximum Gasteiger partial charge on any atom is 0.326 e. The summed E-state index contributed by atoms with van der Waals surface area (Å²) in [6, 6.07) is 3.12. The summed E-state index contributed by atoms with van der Waals surface area (Å²) in [6.45, 7) is -0.625. The van der Waals surface area contributed by atoms with E-state index in [1.807, 2.05) is 18.2 Å². The number of guanidine groups is 2. The Morgan fingerprint density at radius 2 is 1.14 bits per heavy atom. The van der Waals surface area contributed by atoms with E-state index in [4.69, 9.17) is 79.4 Å². The van der Waals surface area contributed by atoms with E-state index in [0.717, 1.165) is 27.6 Å². The molecule has 4 aromatic rings. The standard InChI is InChI=1S/C82H120N22O21S2/c1-120-61-34-43(33-58(105)70(61)121-2)67-46-35-59-60(124-42-123-59)36-47(46)69(48-40-122-80(119)68(48)67)125-66(109)39-96-63(106)22-30-104-65(108)37-62(79(104)118)127-41-49(86)72(111)92-29-21-64(107)97-52(19-12-27-93-81(88)89)73(112)100-55(20-13-28-94-82(90)91)75(114)102-56(23-31-126-3)77(116)99-54(18-8-11-26-85)76(115)103-57(32-44-38-95-50-15-5-4-14-45(44)50)78(117)101-53(17-7-10-25-84)74(113)98-51(71(87)110)16-6-9-24-83/h4-5,14-15,33-36,38,48-49,51-57,62,67-69,95,105H,6-13,16-32,37,39-42,83-86H2,1-3H3,(H2,87,110)(H,92,111)(H,96,106)(H,97,107)(H,98,113)(H,99,116)(H,100,112)(H,101,117)(H,102,114)(H,103,115)(H4,88,89,93)(H4,90,91,94)/t48-,49-,51-,52-,53-,54-,55-,56-,57-,62?,67+,68?,69-/m0/s1. The van der Waals surface area contributed by atoms with Crippen molar-refractivity contribution in [2.75, 3.05) is 97.7 Å². The van der Waals surface area contributed by atoms with E-state index in [9.17, 15) is 72.2 Å². The largest absolute Gasteiger partial charge is 0.504 e. The summed E-state index contributed by atoms with van der Waals surface area (Å²) in [7, 11) is 2.75. The number of benzene rings is 3. The van der Waals surface area contributed by atoms with E-state index in [-0.39, 0.29) is 152 Å². The molecule has 12 amide bonds. The maximum absolute atomic E-state index is 14.9. The number of thioether (sulfide) groups is 2. The lowest BCUT2D eigenvalue weighted by Crippen LogP contribution is -2.60. The summed E-state index contributed by atoms with van der Waals surface area (Å²) in [5.41, 5.74) is 43.2. The number of amides is 12. The number of para-hydroxylation sites is 1. The number of methoxy groups -OCH3 is 2. The highest BCUT2D eigenvalue weighted by atomic mass is 32.2. The van der Waals surface area contributed by atoms with E-state index in [2.05, 4.69) is 63.5 Å². The number of fused-ring (bicyclic) bond motifs is 4. The Balaban J connectivity index is 0.857. The van der Waals surface area contributed by atoms with Crippen molar-refractivity contribution < 1.29 is 101 Å². The first kappa shape index (κ1) is 100. The number of rotatable bonds is 55. The Morgan fingerprint density at radius 3 is 1.70 bits per heavy atom. The van der Waals surface area contributed by atoms with Crippen molar-refractivity contribution in [3.05, 3.63) is 77.0 Å². The second-order valence-electron chi connectivity index (χ2n) is 31.0. The molecule has 3 aliphatic heterocycles. The number of unbranched alkanes of at least 4 members (excludes halogenated alkanes) is 3. The number of hydrogen-bond acceptors (Lipinski definition) is 29. The van der Waals surface area contributed by atoms with E-state index in [0.29, 0.717) is 84.6 Å². The number of nitrogens with zero attached hydrogens (tertiary/aromatic N) is 1. The molecule has 4 heterocycles. The van der Waals surface area contributed by atoms with Gasteiger partial charge in [-0.3, -0.25) is 82.8 Å². The van der Waals surface area contributed by atoms with Gasteiger partial charge in [0.25, 0.3) is 0 Å². The van der Waals surface area contributed by atoms with Crippen LogP contribution in [0, 0.1) is 22.7 Å². The predicted molar refractivity (Wildman–Crippen MR) is 468 cm³/mol. The molecule has 1 aromatic heterocycles. The van der Waals surface area contributed by atoms with Gasteiger partial charge in [-0.2, -0.15) is 11.8 Å². The Hall–Kier alpha value is -11.9. The minimum atomic E-state index is -1.44. The molecule has 2 fully saturated rings. The number of ether oxygens (including phenoxy) is 6. The van der Waals surface area contributed by atoms with E-state index in [1.165, 1.54) is 32.0 Å². The number of aromatic hydroxyl groups is 1. The molecular weight excluding hydrogens is 1690 g/mol. The minimum Gasteiger partial charge on any atom is -0.504 e. The number of nitrogens with two attached hydrogens (primary N) is 7. The number of likely N-dealkylation sites (tertiary alicyclic amines) is 1. The molecule has 45 heteroatoms. The van der Waals surface area contributed by atoms with Gasteiger partial charge in [-0.15, -0.1) is 11.8 Å². The average molecular weight is 1810 g/mol. The van der Waals surface area contributed by atoms with Gasteiger partial charge in [0, 0.05) is 92.1 Å². The highest BCUT2D eigenvalue weighted by molar-refractivity contribution is 8.00. The third-order valence-electron chi connectivity index (χ3n) is 21.9. The normalized spacial score (nSPS) is 17.9. The van der Waals surface area contributed by atoms with Gasteiger partial charge >= 0.3 is 11.9 Å². The van der Waals surface area contributed by atoms with Gasteiger partial charge < -0.3 is 137 Å². The molecule has 0 radical (unpaired) electrons. The molecule has 696 valence electrons. The Labute approximate surface area is 742 Å². The highest BCUT2D eigenvalue weighted by Gasteiger charge is 2.54. The second-order valence-corrected chi connectivity index (χ2v) is 33.2. The van der Waals surface area contributed by atoms with Crippen LogP contribution in [0.3, 0.4) is 0 Å². The van der Waals surface area contributed by atoms with Crippen LogP contribution in [0.5, 0.6) is 28.7 Å². The first-order chi connectivity index (χ1) is 60.9. The van der Waals surface area contributed by atoms with Crippen LogP contribution in [-0.4, -0.2) is 261 Å². The van der Waals surface area contributed by atoms with Gasteiger partial charge in [0.15, 0.2) is 34.9 Å². The molecule has 8 rings (SSSR count). The Kier molecular flexibility index (Phi) is 39.9. The molecule has 2 saturated heterocycles. The lowest BCUT2D eigenvalue weighted by Gasteiger charge is -2.38. The van der Waals surface area contributed by atoms with Crippen LogP contribution in [0.2, 0.25) is 0 Å². The molecule has 13 atom stereocenters. The van der Waals surface area contributed by atoms with Gasteiger partial charge in [-0.25, -0.2) is 0 Å². The fourth-order valence-electron chi connectivity index (χ4n) is 15.2. The first-order valence-electron chi connectivity index (χ1n) is 42.1. The topological polar surface area (TPSA) is 696 Å². The number of phenolic OH excluding ortho intramolecular Hbond substituents is 1. The zero-order chi connectivity index (χ0) is 92.4. The number of aromatic amines is 1. The summed E-state index contributed by atoms with van der Waals surface area (Å²) < 4.78 is 33.8. The molecule has 4 aliphatic rings. The lowest BCUT2D eigenvalue weighted by atomic mass is 9.66. The van der Waals surface area contributed by atoms with E-state index >= 15 is 0 Å². The van der Waals surface area contributed by atoms with Crippen LogP contribution >= 0.6 is 23.5 Å². The Bertz CT molecular complexity index is 4560. The van der Waals surface area contributed by atoms with Crippen LogP contribution in [0.4, 0.5) is 0 Å². The SMILES string of the molecule is COc1cc([C@@H]2c3cc4c(cc3[C@H](OC(=O)CNC(=O)CCN3C(=O)CC(SC[C@H](N)C(=O)NCCC(=O)N[C@@H](CCCNC(=N)N)C(=O)N[C@@H](CCCNC(=N)N)C(=O)N[C@@H](CCSC)C(=O)N[C@@H](CCCCN)C(=O)N[C@@H](Cc5c[nH]c6ccccc56)C(=O)N[C@@H](CCCCN)C(=O)N[C@@H](CCCCN)C(N)=O)C3=O)[C@H]3COC(=O)C23)OCO4)cc(O)c1OC. The zero-order valence-electron chi connectivity index (χ0n) is 71.3. The fourth-order valence-corrected chi connectivity index (χ4v) is 16.8. The molecule has 127 heavy (non-hydrogen) atoms. The summed E-state index contributed by atoms with van der Waals surface area (Å²) in [5, 5.41) is 55.5. The number of imide groups is 1. The van der Waals surface area contributed by atoms with Crippen molar-refractivity contribution in [3.8, 4) is 28.7 Å². The average Bonchev–Trinajstić information content (AvgIpc) is 1.70.